The molecule has 8 heteroatoms. The zero-order valence-corrected chi connectivity index (χ0v) is 20.4. The second-order valence-electron chi connectivity index (χ2n) is 8.75. The number of anilines is 1. The molecule has 0 saturated carbocycles. The van der Waals surface area contributed by atoms with Crippen molar-refractivity contribution in [3.63, 3.8) is 0 Å². The molecule has 0 aliphatic carbocycles. The molecular formula is C26H31N5O3. The molecule has 0 amide bonds. The molecular weight excluding hydrogens is 430 g/mol. The lowest BCUT2D eigenvalue weighted by molar-refractivity contribution is 0.141. The number of hydrogen-bond acceptors (Lipinski definition) is 6. The Bertz CT molecular complexity index is 1300. The number of aromatic nitrogens is 2. The third-order valence-electron chi connectivity index (χ3n) is 6.77. The smallest absolute Gasteiger partial charge is 0.270 e. The van der Waals surface area contributed by atoms with Gasteiger partial charge in [0.1, 0.15) is 11.5 Å². The quantitative estimate of drug-likeness (QED) is 0.517. The normalized spacial score (nSPS) is 18.6. The summed E-state index contributed by atoms with van der Waals surface area (Å²) in [6.45, 7) is 14.1. The highest BCUT2D eigenvalue weighted by Gasteiger charge is 2.33. The Balaban J connectivity index is 1.68. The van der Waals surface area contributed by atoms with Crippen LogP contribution < -0.4 is 19.9 Å². The van der Waals surface area contributed by atoms with Crippen molar-refractivity contribution in [3.05, 3.63) is 63.7 Å². The Morgan fingerprint density at radius 2 is 1.94 bits per heavy atom. The summed E-state index contributed by atoms with van der Waals surface area (Å²) in [5.74, 6) is 1.92. The molecule has 0 N–H and O–H groups in total. The average Bonchev–Trinajstić information content (AvgIpc) is 2.86. The molecule has 1 aliphatic heterocycles. The molecule has 1 aromatic carbocycles. The summed E-state index contributed by atoms with van der Waals surface area (Å²) in [7, 11) is 5.08. The maximum Gasteiger partial charge on any atom is 0.270 e. The topological polar surface area (TPSA) is 64.2 Å². The molecule has 0 radical (unpaired) electrons. The van der Waals surface area contributed by atoms with Crippen molar-refractivity contribution in [2.75, 3.05) is 32.2 Å². The van der Waals surface area contributed by atoms with Crippen molar-refractivity contribution < 1.29 is 9.47 Å². The first-order valence-electron chi connectivity index (χ1n) is 11.5. The van der Waals surface area contributed by atoms with Crippen LogP contribution in [-0.4, -0.2) is 53.8 Å². The van der Waals surface area contributed by atoms with E-state index in [1.165, 1.54) is 0 Å². The number of rotatable bonds is 6. The lowest BCUT2D eigenvalue weighted by Gasteiger charge is -2.46. The number of aryl methyl sites for hydroxylation is 1. The standard InChI is InChI=1S/C26H31N5O3/c1-7-19-16-31(22-13-25(32)29(4)21-10-11-24(27-3)28-26(21)22)17(2)14-30(19)15-18-8-9-20(33-5)12-23(18)34-6/h8-13,17,19H,7,14-16H2,1-2,4-6H3/t17-,19+/m0/s1. The lowest BCUT2D eigenvalue weighted by atomic mass is 10.0. The van der Waals surface area contributed by atoms with E-state index in [0.29, 0.717) is 11.3 Å². The van der Waals surface area contributed by atoms with E-state index in [1.54, 1.807) is 38.0 Å². The van der Waals surface area contributed by atoms with Gasteiger partial charge in [-0.15, -0.1) is 4.98 Å². The number of hydrogen-bond donors (Lipinski definition) is 0. The van der Waals surface area contributed by atoms with Crippen LogP contribution >= 0.6 is 0 Å². The van der Waals surface area contributed by atoms with E-state index >= 15 is 0 Å². The molecule has 34 heavy (non-hydrogen) atoms. The molecule has 4 rings (SSSR count). The molecule has 1 aliphatic rings. The number of nitrogens with zero attached hydrogens (tertiary/aromatic N) is 5. The van der Waals surface area contributed by atoms with Crippen molar-refractivity contribution in [3.8, 4) is 11.5 Å². The van der Waals surface area contributed by atoms with E-state index < -0.39 is 0 Å². The molecule has 3 heterocycles. The molecule has 2 aromatic heterocycles. The minimum atomic E-state index is -0.0782. The van der Waals surface area contributed by atoms with Gasteiger partial charge < -0.3 is 23.8 Å². The number of pyridine rings is 2. The highest BCUT2D eigenvalue weighted by atomic mass is 16.5. The lowest BCUT2D eigenvalue weighted by Crippen LogP contribution is -2.57. The van der Waals surface area contributed by atoms with Gasteiger partial charge in [0.05, 0.1) is 25.4 Å². The summed E-state index contributed by atoms with van der Waals surface area (Å²) in [4.78, 5) is 25.6. The van der Waals surface area contributed by atoms with E-state index in [1.807, 2.05) is 18.2 Å². The van der Waals surface area contributed by atoms with E-state index in [2.05, 4.69) is 39.5 Å². The SMILES string of the molecule is [C-]#[N+]c1ccc2c(n1)c(N1C[C@@H](CC)N(Cc3ccc(OC)cc3OC)C[C@@H]1C)cc(=O)n2C. The van der Waals surface area contributed by atoms with Gasteiger partial charge >= 0.3 is 0 Å². The molecule has 1 fully saturated rings. The van der Waals surface area contributed by atoms with Crippen LogP contribution in [0.2, 0.25) is 0 Å². The average molecular weight is 462 g/mol. The van der Waals surface area contributed by atoms with Gasteiger partial charge in [0.15, 0.2) is 0 Å². The first kappa shape index (κ1) is 23.6. The second-order valence-corrected chi connectivity index (χ2v) is 8.75. The minimum Gasteiger partial charge on any atom is -0.497 e. The van der Waals surface area contributed by atoms with Crippen molar-refractivity contribution >= 4 is 22.5 Å². The van der Waals surface area contributed by atoms with Crippen LogP contribution in [0.15, 0.2) is 41.2 Å². The van der Waals surface area contributed by atoms with E-state index in [4.69, 9.17) is 16.0 Å². The number of benzene rings is 1. The Kier molecular flexibility index (Phi) is 6.75. The van der Waals surface area contributed by atoms with Crippen LogP contribution in [0.4, 0.5) is 11.5 Å². The second kappa shape index (κ2) is 9.74. The summed E-state index contributed by atoms with van der Waals surface area (Å²) in [5.41, 5.74) is 3.27. The van der Waals surface area contributed by atoms with E-state index in [0.717, 1.165) is 54.3 Å². The van der Waals surface area contributed by atoms with Crippen LogP contribution in [0.3, 0.4) is 0 Å². The number of methoxy groups -OCH3 is 2. The molecule has 0 unspecified atom stereocenters. The highest BCUT2D eigenvalue weighted by Crippen LogP contribution is 2.32. The summed E-state index contributed by atoms with van der Waals surface area (Å²) in [6.07, 6.45) is 0.963. The number of piperazine rings is 1. The number of ether oxygens (including phenoxy) is 2. The zero-order valence-electron chi connectivity index (χ0n) is 20.4. The Morgan fingerprint density at radius 1 is 1.15 bits per heavy atom. The fourth-order valence-electron chi connectivity index (χ4n) is 4.81. The molecule has 0 spiro atoms. The van der Waals surface area contributed by atoms with Crippen molar-refractivity contribution in [2.24, 2.45) is 7.05 Å². The summed E-state index contributed by atoms with van der Waals surface area (Å²) < 4.78 is 12.6. The van der Waals surface area contributed by atoms with Gasteiger partial charge in [-0.25, -0.2) is 0 Å². The molecule has 3 aromatic rings. The van der Waals surface area contributed by atoms with Crippen molar-refractivity contribution in [1.29, 1.82) is 0 Å². The summed E-state index contributed by atoms with van der Waals surface area (Å²) >= 11 is 0. The van der Waals surface area contributed by atoms with Gasteiger partial charge in [-0.3, -0.25) is 9.69 Å². The van der Waals surface area contributed by atoms with Crippen LogP contribution in [0, 0.1) is 6.57 Å². The maximum absolute atomic E-state index is 12.8. The van der Waals surface area contributed by atoms with Gasteiger partial charge in [-0.05, 0) is 31.5 Å². The van der Waals surface area contributed by atoms with Crippen LogP contribution in [0.25, 0.3) is 15.9 Å². The summed E-state index contributed by atoms with van der Waals surface area (Å²) in [6, 6.07) is 11.5. The molecule has 0 bridgehead atoms. The monoisotopic (exact) mass is 461 g/mol. The number of fused-ring (bicyclic) bond motifs is 1. The van der Waals surface area contributed by atoms with Gasteiger partial charge in [-0.2, -0.15) is 0 Å². The first-order chi connectivity index (χ1) is 16.4. The van der Waals surface area contributed by atoms with E-state index in [9.17, 15) is 4.79 Å². The highest BCUT2D eigenvalue weighted by molar-refractivity contribution is 5.89. The van der Waals surface area contributed by atoms with Crippen LogP contribution in [0.1, 0.15) is 25.8 Å². The van der Waals surface area contributed by atoms with Crippen LogP contribution in [-0.2, 0) is 13.6 Å². The maximum atomic E-state index is 12.8. The Labute approximate surface area is 200 Å². The van der Waals surface area contributed by atoms with Gasteiger partial charge in [0, 0.05) is 56.5 Å². The van der Waals surface area contributed by atoms with Crippen molar-refractivity contribution in [2.45, 2.75) is 38.9 Å². The molecule has 178 valence electrons. The summed E-state index contributed by atoms with van der Waals surface area (Å²) in [5, 5.41) is 0. The molecule has 1 saturated heterocycles. The van der Waals surface area contributed by atoms with Gasteiger partial charge in [0.25, 0.3) is 11.4 Å². The largest absolute Gasteiger partial charge is 0.497 e. The van der Waals surface area contributed by atoms with Gasteiger partial charge in [0.2, 0.25) is 5.52 Å². The first-order valence-corrected chi connectivity index (χ1v) is 11.5. The van der Waals surface area contributed by atoms with E-state index in [-0.39, 0.29) is 17.6 Å². The predicted octanol–water partition coefficient (Wildman–Crippen LogP) is 3.99. The van der Waals surface area contributed by atoms with Crippen LogP contribution in [0.5, 0.6) is 11.5 Å². The molecule has 2 atom stereocenters. The molecule has 8 nitrogen and oxygen atoms in total. The van der Waals surface area contributed by atoms with Crippen molar-refractivity contribution in [1.82, 2.24) is 14.5 Å². The van der Waals surface area contributed by atoms with Gasteiger partial charge in [-0.1, -0.05) is 19.6 Å². The fourth-order valence-corrected chi connectivity index (χ4v) is 4.81. The third kappa shape index (κ3) is 4.31. The third-order valence-corrected chi connectivity index (χ3v) is 6.77. The minimum absolute atomic E-state index is 0.0782. The Hall–Kier alpha value is -3.57. The predicted molar refractivity (Wildman–Crippen MR) is 134 cm³/mol. The Morgan fingerprint density at radius 3 is 2.62 bits per heavy atom. The zero-order chi connectivity index (χ0) is 24.4. The fraction of sp³-hybridized carbons (Fsp3) is 0.423.